The van der Waals surface area contributed by atoms with Crippen molar-refractivity contribution in [3.63, 3.8) is 0 Å². The van der Waals surface area contributed by atoms with E-state index in [2.05, 4.69) is 30.9 Å². The molecule has 0 spiro atoms. The number of rotatable bonds is 4. The van der Waals surface area contributed by atoms with Crippen LogP contribution < -0.4 is 14.9 Å². The molecule has 3 aromatic rings. The monoisotopic (exact) mass is 463 g/mol. The topological polar surface area (TPSA) is 61.4 Å². The van der Waals surface area contributed by atoms with Crippen LogP contribution in [0.5, 0.6) is 0 Å². The number of benzene rings is 3. The van der Waals surface area contributed by atoms with Gasteiger partial charge in [-0.2, -0.15) is 0 Å². The zero-order chi connectivity index (χ0) is 19.7. The Hall–Kier alpha value is -2.16. The van der Waals surface area contributed by atoms with Gasteiger partial charge in [-0.1, -0.05) is 40.2 Å². The number of piperazine rings is 1. The van der Waals surface area contributed by atoms with Crippen molar-refractivity contribution in [1.82, 2.24) is 5.32 Å². The Morgan fingerprint density at radius 2 is 1.71 bits per heavy atom. The minimum absolute atomic E-state index is 0.383. The predicted octanol–water partition coefficient (Wildman–Crippen LogP) is 3.95. The minimum atomic E-state index is -4.06. The molecule has 1 heterocycles. The van der Waals surface area contributed by atoms with E-state index in [9.17, 15) is 12.8 Å². The van der Waals surface area contributed by atoms with Gasteiger partial charge in [-0.25, -0.2) is 12.8 Å². The normalized spacial score (nSPS) is 15.0. The molecule has 1 saturated heterocycles. The number of hydrogen-bond acceptors (Lipinski definition) is 4. The van der Waals surface area contributed by atoms with Crippen LogP contribution in [-0.4, -0.2) is 34.6 Å². The highest BCUT2D eigenvalue weighted by atomic mass is 79.9. The van der Waals surface area contributed by atoms with Crippen LogP contribution in [0, 0.1) is 5.82 Å². The van der Waals surface area contributed by atoms with Gasteiger partial charge in [0, 0.05) is 47.1 Å². The first-order chi connectivity index (χ1) is 13.5. The van der Waals surface area contributed by atoms with Gasteiger partial charge in [-0.3, -0.25) is 4.72 Å². The number of sulfonamides is 1. The molecule has 3 aromatic carbocycles. The summed E-state index contributed by atoms with van der Waals surface area (Å²) in [7, 11) is -4.06. The molecule has 0 radical (unpaired) electrons. The Morgan fingerprint density at radius 3 is 2.43 bits per heavy atom. The Morgan fingerprint density at radius 1 is 1.00 bits per heavy atom. The van der Waals surface area contributed by atoms with E-state index >= 15 is 0 Å². The number of nitrogens with one attached hydrogen (secondary N) is 2. The lowest BCUT2D eigenvalue weighted by Gasteiger charge is -2.30. The van der Waals surface area contributed by atoms with E-state index in [1.165, 1.54) is 12.1 Å². The number of nitrogens with zero attached hydrogens (tertiary/aromatic N) is 1. The molecule has 1 aliphatic heterocycles. The molecule has 0 aromatic heterocycles. The highest BCUT2D eigenvalue weighted by Gasteiger charge is 2.21. The second-order valence-corrected chi connectivity index (χ2v) is 9.16. The van der Waals surface area contributed by atoms with Crippen molar-refractivity contribution >= 4 is 48.1 Å². The third kappa shape index (κ3) is 3.72. The summed E-state index contributed by atoms with van der Waals surface area (Å²) in [4.78, 5) is 1.90. The highest BCUT2D eigenvalue weighted by Crippen LogP contribution is 2.34. The Labute approximate surface area is 171 Å². The largest absolute Gasteiger partial charge is 0.368 e. The molecule has 2 N–H and O–H groups in total. The summed E-state index contributed by atoms with van der Waals surface area (Å²) in [6, 6.07) is 15.2. The SMILES string of the molecule is O=S(=O)(Nc1ccc(N2CCNCC2)c2ccccc12)c1ccc(Br)cc1F. The molecule has 0 unspecified atom stereocenters. The van der Waals surface area contributed by atoms with Crippen LogP contribution in [0.1, 0.15) is 0 Å². The number of halogens is 2. The van der Waals surface area contributed by atoms with Crippen molar-refractivity contribution in [2.75, 3.05) is 35.8 Å². The maximum atomic E-state index is 14.2. The summed E-state index contributed by atoms with van der Waals surface area (Å²) >= 11 is 3.14. The standard InChI is InChI=1S/C20H19BrFN3O2S/c21-14-5-8-20(17(22)13-14)28(26,27)24-18-6-7-19(25-11-9-23-10-12-25)16-4-2-1-3-15(16)18/h1-8,13,23-24H,9-12H2. The van der Waals surface area contributed by atoms with Gasteiger partial charge in [0.05, 0.1) is 5.69 Å². The van der Waals surface area contributed by atoms with Crippen molar-refractivity contribution in [2.24, 2.45) is 0 Å². The Bertz CT molecular complexity index is 1130. The first kappa shape index (κ1) is 19.2. The van der Waals surface area contributed by atoms with Gasteiger partial charge in [-0.05, 0) is 30.3 Å². The van der Waals surface area contributed by atoms with Crippen molar-refractivity contribution < 1.29 is 12.8 Å². The summed E-state index contributed by atoms with van der Waals surface area (Å²) in [5, 5.41) is 5.07. The van der Waals surface area contributed by atoms with E-state index in [1.54, 1.807) is 6.07 Å². The van der Waals surface area contributed by atoms with Gasteiger partial charge >= 0.3 is 0 Å². The molecule has 146 valence electrons. The smallest absolute Gasteiger partial charge is 0.264 e. The molecule has 0 atom stereocenters. The molecule has 0 aliphatic carbocycles. The van der Waals surface area contributed by atoms with Crippen LogP contribution in [0.25, 0.3) is 10.8 Å². The number of anilines is 2. The van der Waals surface area contributed by atoms with Gasteiger partial charge in [0.25, 0.3) is 10.0 Å². The summed E-state index contributed by atoms with van der Waals surface area (Å²) < 4.78 is 42.8. The van der Waals surface area contributed by atoms with E-state index in [-0.39, 0.29) is 4.90 Å². The van der Waals surface area contributed by atoms with E-state index in [4.69, 9.17) is 0 Å². The Kier molecular flexibility index (Phi) is 5.27. The molecule has 1 fully saturated rings. The first-order valence-electron chi connectivity index (χ1n) is 8.91. The molecular formula is C20H19BrFN3O2S. The van der Waals surface area contributed by atoms with Crippen LogP contribution in [-0.2, 0) is 10.0 Å². The van der Waals surface area contributed by atoms with Gasteiger partial charge < -0.3 is 10.2 Å². The van der Waals surface area contributed by atoms with E-state index in [0.29, 0.717) is 10.2 Å². The molecular weight excluding hydrogens is 445 g/mol. The van der Waals surface area contributed by atoms with Gasteiger partial charge in [0.15, 0.2) is 0 Å². The second kappa shape index (κ2) is 7.69. The van der Waals surface area contributed by atoms with Crippen LogP contribution >= 0.6 is 15.9 Å². The Balaban J connectivity index is 1.75. The van der Waals surface area contributed by atoms with Crippen molar-refractivity contribution in [2.45, 2.75) is 4.90 Å². The fourth-order valence-corrected chi connectivity index (χ4v) is 4.92. The number of hydrogen-bond donors (Lipinski definition) is 2. The number of fused-ring (bicyclic) bond motifs is 1. The second-order valence-electron chi connectivity index (χ2n) is 6.60. The van der Waals surface area contributed by atoms with Crippen LogP contribution in [0.3, 0.4) is 0 Å². The van der Waals surface area contributed by atoms with E-state index in [1.807, 2.05) is 30.3 Å². The minimum Gasteiger partial charge on any atom is -0.368 e. The van der Waals surface area contributed by atoms with E-state index in [0.717, 1.165) is 48.7 Å². The quantitative estimate of drug-likeness (QED) is 0.614. The molecule has 0 bridgehead atoms. The maximum absolute atomic E-state index is 14.2. The maximum Gasteiger partial charge on any atom is 0.264 e. The van der Waals surface area contributed by atoms with Crippen LogP contribution in [0.15, 0.2) is 64.0 Å². The predicted molar refractivity (Wildman–Crippen MR) is 114 cm³/mol. The molecule has 5 nitrogen and oxygen atoms in total. The molecule has 28 heavy (non-hydrogen) atoms. The van der Waals surface area contributed by atoms with Gasteiger partial charge in [0.1, 0.15) is 10.7 Å². The van der Waals surface area contributed by atoms with Gasteiger partial charge in [0.2, 0.25) is 0 Å². The fraction of sp³-hybridized carbons (Fsp3) is 0.200. The summed E-state index contributed by atoms with van der Waals surface area (Å²) in [6.45, 7) is 3.59. The van der Waals surface area contributed by atoms with Crippen LogP contribution in [0.4, 0.5) is 15.8 Å². The lowest BCUT2D eigenvalue weighted by atomic mass is 10.1. The summed E-state index contributed by atoms with van der Waals surface area (Å²) in [6.07, 6.45) is 0. The van der Waals surface area contributed by atoms with Gasteiger partial charge in [-0.15, -0.1) is 0 Å². The average Bonchev–Trinajstić information content (AvgIpc) is 2.68. The molecule has 0 amide bonds. The zero-order valence-corrected chi connectivity index (χ0v) is 17.4. The third-order valence-electron chi connectivity index (χ3n) is 4.79. The molecule has 4 rings (SSSR count). The summed E-state index contributed by atoms with van der Waals surface area (Å²) in [5.41, 5.74) is 1.49. The van der Waals surface area contributed by atoms with Crippen molar-refractivity contribution in [3.8, 4) is 0 Å². The summed E-state index contributed by atoms with van der Waals surface area (Å²) in [5.74, 6) is -0.802. The van der Waals surface area contributed by atoms with Crippen molar-refractivity contribution in [1.29, 1.82) is 0 Å². The van der Waals surface area contributed by atoms with E-state index < -0.39 is 15.8 Å². The van der Waals surface area contributed by atoms with Crippen molar-refractivity contribution in [3.05, 3.63) is 64.9 Å². The fourth-order valence-electron chi connectivity index (χ4n) is 3.45. The molecule has 0 saturated carbocycles. The lowest BCUT2D eigenvalue weighted by molar-refractivity contribution is 0.570. The average molecular weight is 464 g/mol. The lowest BCUT2D eigenvalue weighted by Crippen LogP contribution is -2.43. The first-order valence-corrected chi connectivity index (χ1v) is 11.2. The molecule has 1 aliphatic rings. The highest BCUT2D eigenvalue weighted by molar-refractivity contribution is 9.10. The van der Waals surface area contributed by atoms with Crippen LogP contribution in [0.2, 0.25) is 0 Å². The third-order valence-corrected chi connectivity index (χ3v) is 6.68. The molecule has 8 heteroatoms. The zero-order valence-electron chi connectivity index (χ0n) is 15.0.